The van der Waals surface area contributed by atoms with Gasteiger partial charge in [0.1, 0.15) is 5.54 Å². The van der Waals surface area contributed by atoms with Gasteiger partial charge in [-0.3, -0.25) is 4.79 Å². The van der Waals surface area contributed by atoms with Crippen LogP contribution in [0.25, 0.3) is 0 Å². The molecule has 0 bridgehead atoms. The summed E-state index contributed by atoms with van der Waals surface area (Å²) in [7, 11) is 1.36. The summed E-state index contributed by atoms with van der Waals surface area (Å²) < 4.78 is 15.7. The maximum atomic E-state index is 11.4. The molecule has 1 fully saturated rings. The van der Waals surface area contributed by atoms with Gasteiger partial charge >= 0.3 is 5.97 Å². The van der Waals surface area contributed by atoms with E-state index >= 15 is 0 Å². The quantitative estimate of drug-likeness (QED) is 0.550. The third-order valence-electron chi connectivity index (χ3n) is 3.26. The molecule has 0 aromatic rings. The minimum atomic E-state index is -0.882. The summed E-state index contributed by atoms with van der Waals surface area (Å²) in [4.78, 5) is 11.4. The lowest BCUT2D eigenvalue weighted by Crippen LogP contribution is -2.45. The van der Waals surface area contributed by atoms with Gasteiger partial charge < -0.3 is 19.9 Å². The van der Waals surface area contributed by atoms with Crippen molar-refractivity contribution < 1.29 is 19.0 Å². The van der Waals surface area contributed by atoms with Crippen LogP contribution in [0.4, 0.5) is 0 Å². The number of hydrogen-bond acceptors (Lipinski definition) is 5. The molecule has 5 heteroatoms. The number of esters is 1. The van der Waals surface area contributed by atoms with Crippen molar-refractivity contribution in [1.29, 1.82) is 0 Å². The van der Waals surface area contributed by atoms with E-state index in [1.54, 1.807) is 6.92 Å². The van der Waals surface area contributed by atoms with Crippen molar-refractivity contribution in [2.45, 2.75) is 50.7 Å². The molecule has 1 atom stereocenters. The summed E-state index contributed by atoms with van der Waals surface area (Å²) in [5, 5.41) is 0. The van der Waals surface area contributed by atoms with E-state index in [1.165, 1.54) is 7.11 Å². The molecule has 1 rings (SSSR count). The Bertz CT molecular complexity index is 249. The molecule has 0 saturated carbocycles. The Hall–Kier alpha value is -0.650. The normalized spacial score (nSPS) is 20.4. The molecule has 18 heavy (non-hydrogen) atoms. The molecule has 0 radical (unpaired) electrons. The molecule has 0 aromatic heterocycles. The molecular weight excluding hydrogens is 234 g/mol. The Morgan fingerprint density at radius 3 is 2.67 bits per heavy atom. The zero-order chi connectivity index (χ0) is 13.4. The third kappa shape index (κ3) is 5.33. The molecular formula is C13H25NO4. The Kier molecular flexibility index (Phi) is 6.60. The van der Waals surface area contributed by atoms with Gasteiger partial charge in [0, 0.05) is 19.8 Å². The largest absolute Gasteiger partial charge is 0.468 e. The topological polar surface area (TPSA) is 70.8 Å². The van der Waals surface area contributed by atoms with Crippen LogP contribution in [-0.4, -0.2) is 44.5 Å². The van der Waals surface area contributed by atoms with Gasteiger partial charge in [0.15, 0.2) is 0 Å². The van der Waals surface area contributed by atoms with Gasteiger partial charge in [0.05, 0.1) is 13.2 Å². The van der Waals surface area contributed by atoms with Crippen LogP contribution in [0.5, 0.6) is 0 Å². The van der Waals surface area contributed by atoms with Gasteiger partial charge in [-0.2, -0.15) is 0 Å². The average molecular weight is 259 g/mol. The van der Waals surface area contributed by atoms with Crippen molar-refractivity contribution >= 4 is 5.97 Å². The maximum absolute atomic E-state index is 11.4. The summed E-state index contributed by atoms with van der Waals surface area (Å²) in [5.74, 6) is -0.354. The van der Waals surface area contributed by atoms with E-state index in [4.69, 9.17) is 15.2 Å². The Balaban J connectivity index is 2.05. The summed E-state index contributed by atoms with van der Waals surface area (Å²) in [6.45, 7) is 4.03. The van der Waals surface area contributed by atoms with Gasteiger partial charge in [-0.1, -0.05) is 0 Å². The second-order valence-electron chi connectivity index (χ2n) is 5.05. The van der Waals surface area contributed by atoms with Crippen LogP contribution in [0.2, 0.25) is 0 Å². The average Bonchev–Trinajstić information content (AvgIpc) is 2.38. The van der Waals surface area contributed by atoms with Crippen LogP contribution in [0.3, 0.4) is 0 Å². The van der Waals surface area contributed by atoms with Crippen molar-refractivity contribution in [3.63, 3.8) is 0 Å². The zero-order valence-electron chi connectivity index (χ0n) is 11.4. The highest BCUT2D eigenvalue weighted by Gasteiger charge is 2.28. The molecule has 106 valence electrons. The Morgan fingerprint density at radius 2 is 2.06 bits per heavy atom. The van der Waals surface area contributed by atoms with Crippen LogP contribution >= 0.6 is 0 Å². The molecule has 0 aliphatic carbocycles. The van der Waals surface area contributed by atoms with E-state index in [0.29, 0.717) is 12.5 Å². The molecule has 1 unspecified atom stereocenters. The standard InChI is InChI=1S/C13H25NO4/c1-13(14,12(15)16-2)7-3-4-8-18-11-5-9-17-10-6-11/h11H,3-10,14H2,1-2H3. The van der Waals surface area contributed by atoms with E-state index in [1.807, 2.05) is 0 Å². The van der Waals surface area contributed by atoms with E-state index in [2.05, 4.69) is 4.74 Å². The molecule has 0 spiro atoms. The highest BCUT2D eigenvalue weighted by Crippen LogP contribution is 2.14. The van der Waals surface area contributed by atoms with Crippen LogP contribution in [0.15, 0.2) is 0 Å². The number of carbonyl (C=O) groups is 1. The molecule has 1 heterocycles. The van der Waals surface area contributed by atoms with E-state index in [9.17, 15) is 4.79 Å². The summed E-state index contributed by atoms with van der Waals surface area (Å²) in [6, 6.07) is 0. The molecule has 2 N–H and O–H groups in total. The lowest BCUT2D eigenvalue weighted by molar-refractivity contribution is -0.146. The molecule has 0 aromatic carbocycles. The summed E-state index contributed by atoms with van der Waals surface area (Å²) >= 11 is 0. The summed E-state index contributed by atoms with van der Waals surface area (Å²) in [5.41, 5.74) is 4.98. The first-order chi connectivity index (χ1) is 8.56. The van der Waals surface area contributed by atoms with Crippen LogP contribution in [-0.2, 0) is 19.0 Å². The number of methoxy groups -OCH3 is 1. The van der Waals surface area contributed by atoms with E-state index < -0.39 is 5.54 Å². The smallest absolute Gasteiger partial charge is 0.325 e. The number of ether oxygens (including phenoxy) is 3. The molecule has 1 aliphatic heterocycles. The van der Waals surface area contributed by atoms with Crippen molar-refractivity contribution in [3.05, 3.63) is 0 Å². The van der Waals surface area contributed by atoms with Gasteiger partial charge in [-0.25, -0.2) is 0 Å². The lowest BCUT2D eigenvalue weighted by Gasteiger charge is -2.23. The fourth-order valence-corrected chi connectivity index (χ4v) is 2.02. The van der Waals surface area contributed by atoms with Crippen molar-refractivity contribution in [2.24, 2.45) is 5.73 Å². The minimum absolute atomic E-state index is 0.337. The van der Waals surface area contributed by atoms with Crippen molar-refractivity contribution in [2.75, 3.05) is 26.9 Å². The van der Waals surface area contributed by atoms with Crippen LogP contribution in [0.1, 0.15) is 39.0 Å². The molecule has 1 saturated heterocycles. The predicted octanol–water partition coefficient (Wildman–Crippen LogP) is 1.24. The third-order valence-corrected chi connectivity index (χ3v) is 3.26. The first-order valence-electron chi connectivity index (χ1n) is 6.63. The van der Waals surface area contributed by atoms with Gasteiger partial charge in [-0.15, -0.1) is 0 Å². The number of nitrogens with two attached hydrogens (primary N) is 1. The highest BCUT2D eigenvalue weighted by atomic mass is 16.5. The first-order valence-corrected chi connectivity index (χ1v) is 6.63. The maximum Gasteiger partial charge on any atom is 0.325 e. The predicted molar refractivity (Wildman–Crippen MR) is 68.3 cm³/mol. The Morgan fingerprint density at radius 1 is 1.39 bits per heavy atom. The first kappa shape index (κ1) is 15.4. The number of unbranched alkanes of at least 4 members (excludes halogenated alkanes) is 1. The van der Waals surface area contributed by atoms with Crippen molar-refractivity contribution in [3.8, 4) is 0 Å². The van der Waals surface area contributed by atoms with Gasteiger partial charge in [0.2, 0.25) is 0 Å². The second kappa shape index (κ2) is 7.71. The van der Waals surface area contributed by atoms with Crippen LogP contribution < -0.4 is 5.73 Å². The van der Waals surface area contributed by atoms with Gasteiger partial charge in [-0.05, 0) is 39.0 Å². The van der Waals surface area contributed by atoms with Crippen molar-refractivity contribution in [1.82, 2.24) is 0 Å². The minimum Gasteiger partial charge on any atom is -0.468 e. The lowest BCUT2D eigenvalue weighted by atomic mass is 9.96. The molecule has 5 nitrogen and oxygen atoms in total. The summed E-state index contributed by atoms with van der Waals surface area (Å²) in [6.07, 6.45) is 4.71. The monoisotopic (exact) mass is 259 g/mol. The zero-order valence-corrected chi connectivity index (χ0v) is 11.4. The van der Waals surface area contributed by atoms with Gasteiger partial charge in [0.25, 0.3) is 0 Å². The fourth-order valence-electron chi connectivity index (χ4n) is 2.02. The number of rotatable bonds is 7. The van der Waals surface area contributed by atoms with Crippen LogP contribution in [0, 0.1) is 0 Å². The van der Waals surface area contributed by atoms with E-state index in [-0.39, 0.29) is 5.97 Å². The number of hydrogen-bond donors (Lipinski definition) is 1. The highest BCUT2D eigenvalue weighted by molar-refractivity contribution is 5.79. The number of carbonyl (C=O) groups excluding carboxylic acids is 1. The molecule has 0 amide bonds. The molecule has 1 aliphatic rings. The SMILES string of the molecule is COC(=O)C(C)(N)CCCCOC1CCOCC1. The second-order valence-corrected chi connectivity index (χ2v) is 5.05. The fraction of sp³-hybridized carbons (Fsp3) is 0.923. The van der Waals surface area contributed by atoms with E-state index in [0.717, 1.165) is 45.5 Å². The Labute approximate surface area is 109 Å².